The Balaban J connectivity index is 1.74. The van der Waals surface area contributed by atoms with E-state index >= 15 is 0 Å². The van der Waals surface area contributed by atoms with Gasteiger partial charge < -0.3 is 35.8 Å². The van der Waals surface area contributed by atoms with E-state index < -0.39 is 29.4 Å². The fourth-order valence-corrected chi connectivity index (χ4v) is 3.65. The lowest BCUT2D eigenvalue weighted by Crippen LogP contribution is -2.47. The van der Waals surface area contributed by atoms with E-state index in [4.69, 9.17) is 15.2 Å². The second kappa shape index (κ2) is 14.5. The van der Waals surface area contributed by atoms with Gasteiger partial charge in [-0.05, 0) is 78.1 Å². The summed E-state index contributed by atoms with van der Waals surface area (Å²) in [7, 11) is 1.46. The van der Waals surface area contributed by atoms with Crippen molar-refractivity contribution in [2.24, 2.45) is 5.41 Å². The normalized spacial score (nSPS) is 13.3. The van der Waals surface area contributed by atoms with Crippen molar-refractivity contribution in [2.45, 2.75) is 19.1 Å². The molecule has 3 aromatic rings. The third kappa shape index (κ3) is 9.13. The Morgan fingerprint density at radius 3 is 2.02 bits per heavy atom. The summed E-state index contributed by atoms with van der Waals surface area (Å²) < 4.78 is 10.5. The minimum atomic E-state index is -1.49. The average Bonchev–Trinajstić information content (AvgIpc) is 2.98. The van der Waals surface area contributed by atoms with Gasteiger partial charge in [-0.1, -0.05) is 30.9 Å². The lowest BCUT2D eigenvalue weighted by Gasteiger charge is -2.28. The van der Waals surface area contributed by atoms with Crippen molar-refractivity contribution < 1.29 is 34.4 Å². The number of carbonyl (C=O) groups excluding carboxylic acids is 2. The summed E-state index contributed by atoms with van der Waals surface area (Å²) in [5, 5.41) is 32.8. The number of phenols is 1. The van der Waals surface area contributed by atoms with Crippen LogP contribution in [0.4, 0.5) is 5.69 Å². The number of methoxy groups -OCH3 is 1. The Bertz CT molecular complexity index is 1450. The maximum Gasteiger partial charge on any atom is 0.331 e. The first-order valence-corrected chi connectivity index (χ1v) is 12.7. The van der Waals surface area contributed by atoms with Gasteiger partial charge >= 0.3 is 5.97 Å². The van der Waals surface area contributed by atoms with Crippen LogP contribution in [-0.2, 0) is 14.3 Å². The molecule has 0 fully saturated rings. The molecule has 0 saturated heterocycles. The number of aliphatic hydroxyl groups excluding tert-OH is 2. The summed E-state index contributed by atoms with van der Waals surface area (Å²) in [4.78, 5) is 26.1. The summed E-state index contributed by atoms with van der Waals surface area (Å²) in [6, 6.07) is 17.5. The molecule has 0 heterocycles. The van der Waals surface area contributed by atoms with E-state index in [2.05, 4.69) is 29.0 Å². The van der Waals surface area contributed by atoms with Crippen LogP contribution in [0.25, 0.3) is 0 Å². The van der Waals surface area contributed by atoms with Gasteiger partial charge in [-0.25, -0.2) is 4.79 Å². The zero-order chi connectivity index (χ0) is 29.8. The highest BCUT2D eigenvalue weighted by Gasteiger charge is 2.34. The zero-order valence-electron chi connectivity index (χ0n) is 22.8. The van der Waals surface area contributed by atoms with E-state index in [1.807, 2.05) is 0 Å². The maximum absolute atomic E-state index is 13.1. The van der Waals surface area contributed by atoms with Gasteiger partial charge in [-0.3, -0.25) is 4.79 Å². The summed E-state index contributed by atoms with van der Waals surface area (Å²) in [5.74, 6) is 9.77. The molecule has 1 amide bonds. The molecule has 1 unspecified atom stereocenters. The molecule has 0 aliphatic heterocycles. The molecule has 0 aliphatic carbocycles. The van der Waals surface area contributed by atoms with Crippen molar-refractivity contribution >= 4 is 17.6 Å². The number of amides is 1. The van der Waals surface area contributed by atoms with Crippen LogP contribution >= 0.6 is 0 Å². The molecule has 212 valence electrons. The van der Waals surface area contributed by atoms with E-state index in [1.54, 1.807) is 43.3 Å². The Morgan fingerprint density at radius 2 is 1.49 bits per heavy atom. The second-order valence-electron chi connectivity index (χ2n) is 9.70. The maximum atomic E-state index is 13.1. The topological polar surface area (TPSA) is 151 Å². The first-order chi connectivity index (χ1) is 19.6. The number of ether oxygens (including phenoxy) is 2. The quantitative estimate of drug-likeness (QED) is 0.145. The number of rotatable bonds is 10. The Kier molecular flexibility index (Phi) is 10.9. The summed E-state index contributed by atoms with van der Waals surface area (Å²) in [6.07, 6.45) is -1.49. The number of esters is 1. The zero-order valence-corrected chi connectivity index (χ0v) is 22.8. The van der Waals surface area contributed by atoms with Gasteiger partial charge in [0.2, 0.25) is 0 Å². The monoisotopic (exact) mass is 556 g/mol. The SMILES string of the molecule is COCC(C)(CO)COC(=O)[C@@H](NC(=O)c1ccc(C#CC#Cc2ccc(N)cc2)cc1)[C@@H](O)c1ccc(O)cc1. The highest BCUT2D eigenvalue weighted by Crippen LogP contribution is 2.23. The number of phenolic OH excluding ortho intramolecular Hbond substituents is 1. The first-order valence-electron chi connectivity index (χ1n) is 12.7. The van der Waals surface area contributed by atoms with Crippen LogP contribution < -0.4 is 11.1 Å². The van der Waals surface area contributed by atoms with Crippen LogP contribution in [0.15, 0.2) is 72.8 Å². The number of nitrogens with two attached hydrogens (primary N) is 1. The van der Waals surface area contributed by atoms with Crippen LogP contribution in [0.2, 0.25) is 0 Å². The predicted octanol–water partition coefficient (Wildman–Crippen LogP) is 2.40. The molecule has 0 bridgehead atoms. The number of hydrogen-bond acceptors (Lipinski definition) is 8. The number of carbonyl (C=O) groups is 2. The summed E-state index contributed by atoms with van der Waals surface area (Å²) in [5.41, 5.74) is 7.33. The largest absolute Gasteiger partial charge is 0.508 e. The molecule has 0 spiro atoms. The molecule has 0 aliphatic rings. The fraction of sp³-hybridized carbons (Fsp3) is 0.250. The van der Waals surface area contributed by atoms with Crippen molar-refractivity contribution in [1.82, 2.24) is 5.32 Å². The number of hydrogen-bond donors (Lipinski definition) is 5. The summed E-state index contributed by atoms with van der Waals surface area (Å²) in [6.45, 7) is 1.27. The molecule has 0 aromatic heterocycles. The first kappa shape index (κ1) is 30.7. The third-order valence-electron chi connectivity index (χ3n) is 6.06. The molecule has 9 heteroatoms. The van der Waals surface area contributed by atoms with Gasteiger partial charge in [0, 0.05) is 34.9 Å². The second-order valence-corrected chi connectivity index (χ2v) is 9.70. The van der Waals surface area contributed by atoms with Crippen LogP contribution in [0, 0.1) is 29.1 Å². The minimum absolute atomic E-state index is 0.0261. The van der Waals surface area contributed by atoms with Gasteiger partial charge in [0.1, 0.15) is 18.5 Å². The highest BCUT2D eigenvalue weighted by atomic mass is 16.5. The molecule has 0 radical (unpaired) electrons. The molecule has 3 atom stereocenters. The number of aromatic hydroxyl groups is 1. The standard InChI is InChI=1S/C32H32N2O7/c1-32(19-35,20-40-2)21-41-31(39)28(29(37)24-13-17-27(36)18-14-24)34-30(38)25-11-7-22(8-12-25)5-3-4-6-23-9-15-26(33)16-10-23/h7-18,28-29,35-37H,19-21,33H2,1-2H3,(H,34,38)/t28-,29-,32?/m0/s1. The van der Waals surface area contributed by atoms with Gasteiger partial charge in [0.05, 0.1) is 13.2 Å². The Labute approximate surface area is 238 Å². The van der Waals surface area contributed by atoms with Crippen molar-refractivity contribution in [3.63, 3.8) is 0 Å². The smallest absolute Gasteiger partial charge is 0.331 e. The van der Waals surface area contributed by atoms with Gasteiger partial charge in [-0.2, -0.15) is 0 Å². The molecule has 3 rings (SSSR count). The molecular formula is C32H32N2O7. The number of nitrogen functional groups attached to an aromatic ring is 1. The predicted molar refractivity (Wildman–Crippen MR) is 153 cm³/mol. The number of aliphatic hydroxyl groups is 2. The van der Waals surface area contributed by atoms with Crippen LogP contribution in [-0.4, -0.2) is 60.2 Å². The van der Waals surface area contributed by atoms with E-state index in [0.29, 0.717) is 11.3 Å². The fourth-order valence-electron chi connectivity index (χ4n) is 3.65. The number of benzene rings is 3. The Hall–Kier alpha value is -4.80. The summed E-state index contributed by atoms with van der Waals surface area (Å²) >= 11 is 0. The van der Waals surface area contributed by atoms with Crippen molar-refractivity contribution in [3.8, 4) is 29.4 Å². The van der Waals surface area contributed by atoms with Crippen molar-refractivity contribution in [1.29, 1.82) is 0 Å². The molecular weight excluding hydrogens is 524 g/mol. The average molecular weight is 557 g/mol. The molecule has 6 N–H and O–H groups in total. The van der Waals surface area contributed by atoms with Crippen molar-refractivity contribution in [3.05, 3.63) is 95.1 Å². The molecule has 0 saturated carbocycles. The lowest BCUT2D eigenvalue weighted by atomic mass is 9.94. The van der Waals surface area contributed by atoms with Gasteiger partial charge in [-0.15, -0.1) is 0 Å². The number of anilines is 1. The van der Waals surface area contributed by atoms with Crippen LogP contribution in [0.5, 0.6) is 5.75 Å². The van der Waals surface area contributed by atoms with Crippen LogP contribution in [0.1, 0.15) is 40.1 Å². The number of nitrogens with one attached hydrogen (secondary N) is 1. The molecule has 9 nitrogen and oxygen atoms in total. The van der Waals surface area contributed by atoms with E-state index in [9.17, 15) is 24.9 Å². The van der Waals surface area contributed by atoms with Crippen molar-refractivity contribution in [2.75, 3.05) is 32.7 Å². The molecule has 3 aromatic carbocycles. The van der Waals surface area contributed by atoms with Gasteiger partial charge in [0.15, 0.2) is 6.04 Å². The lowest BCUT2D eigenvalue weighted by molar-refractivity contribution is -0.154. The van der Waals surface area contributed by atoms with E-state index in [1.165, 1.54) is 43.5 Å². The van der Waals surface area contributed by atoms with E-state index in [0.717, 1.165) is 5.56 Å². The molecule has 41 heavy (non-hydrogen) atoms. The Morgan fingerprint density at radius 1 is 0.927 bits per heavy atom. The third-order valence-corrected chi connectivity index (χ3v) is 6.06. The minimum Gasteiger partial charge on any atom is -0.508 e. The van der Waals surface area contributed by atoms with Crippen LogP contribution in [0.3, 0.4) is 0 Å². The van der Waals surface area contributed by atoms with Gasteiger partial charge in [0.25, 0.3) is 5.91 Å². The van der Waals surface area contributed by atoms with E-state index in [-0.39, 0.29) is 36.7 Å². The highest BCUT2D eigenvalue weighted by molar-refractivity contribution is 5.97.